The molecule has 0 aliphatic rings. The first-order valence-corrected chi connectivity index (χ1v) is 7.14. The van der Waals surface area contributed by atoms with E-state index in [0.717, 1.165) is 15.8 Å². The third-order valence-electron chi connectivity index (χ3n) is 2.82. The molecule has 1 heterocycles. The number of anilines is 2. The fraction of sp³-hybridized carbons (Fsp3) is 0.308. The lowest BCUT2D eigenvalue weighted by Crippen LogP contribution is -2.21. The van der Waals surface area contributed by atoms with E-state index in [0.29, 0.717) is 12.2 Å². The van der Waals surface area contributed by atoms with Crippen LogP contribution < -0.4 is 16.0 Å². The summed E-state index contributed by atoms with van der Waals surface area (Å²) in [5.74, 6) is -0.176. The second-order valence-corrected chi connectivity index (χ2v) is 5.63. The number of halogens is 1. The summed E-state index contributed by atoms with van der Waals surface area (Å²) < 4.78 is 2.36. The Kier molecular flexibility index (Phi) is 4.92. The van der Waals surface area contributed by atoms with E-state index in [2.05, 4.69) is 31.6 Å². The highest BCUT2D eigenvalue weighted by atomic mass is 79.9. The van der Waals surface area contributed by atoms with Gasteiger partial charge in [-0.1, -0.05) is 21.1 Å². The zero-order valence-electron chi connectivity index (χ0n) is 11.9. The van der Waals surface area contributed by atoms with Crippen molar-refractivity contribution in [3.8, 4) is 0 Å². The second kappa shape index (κ2) is 6.68. The first-order valence-electron chi connectivity index (χ1n) is 6.35. The van der Waals surface area contributed by atoms with Crippen LogP contribution >= 0.6 is 15.9 Å². The molecule has 1 aromatic carbocycles. The SMILES string of the molecule is CN(C)c1ccc(Br)cc1NC(=O)Cn1cc(CN)nn1. The maximum Gasteiger partial charge on any atom is 0.246 e. The maximum absolute atomic E-state index is 12.1. The molecule has 0 aliphatic carbocycles. The molecule has 0 saturated heterocycles. The molecule has 3 N–H and O–H groups in total. The molecular formula is C13H17BrN6O. The van der Waals surface area contributed by atoms with E-state index >= 15 is 0 Å². The predicted molar refractivity (Wildman–Crippen MR) is 85.0 cm³/mol. The van der Waals surface area contributed by atoms with E-state index in [4.69, 9.17) is 5.73 Å². The zero-order chi connectivity index (χ0) is 15.4. The Labute approximate surface area is 131 Å². The van der Waals surface area contributed by atoms with Gasteiger partial charge < -0.3 is 16.0 Å². The van der Waals surface area contributed by atoms with Crippen LogP contribution in [0.4, 0.5) is 11.4 Å². The van der Waals surface area contributed by atoms with Crippen molar-refractivity contribution in [1.29, 1.82) is 0 Å². The number of carbonyl (C=O) groups excluding carboxylic acids is 1. The fourth-order valence-electron chi connectivity index (χ4n) is 1.84. The van der Waals surface area contributed by atoms with E-state index in [9.17, 15) is 4.79 Å². The highest BCUT2D eigenvalue weighted by molar-refractivity contribution is 9.10. The monoisotopic (exact) mass is 352 g/mol. The number of amides is 1. The van der Waals surface area contributed by atoms with Gasteiger partial charge in [0, 0.05) is 25.1 Å². The van der Waals surface area contributed by atoms with Crippen molar-refractivity contribution >= 4 is 33.2 Å². The normalized spacial score (nSPS) is 10.5. The lowest BCUT2D eigenvalue weighted by Gasteiger charge is -2.18. The molecule has 0 bridgehead atoms. The molecule has 112 valence electrons. The molecule has 2 rings (SSSR count). The predicted octanol–water partition coefficient (Wildman–Crippen LogP) is 1.20. The molecule has 8 heteroatoms. The van der Waals surface area contributed by atoms with E-state index in [1.165, 1.54) is 4.68 Å². The summed E-state index contributed by atoms with van der Waals surface area (Å²) in [6.07, 6.45) is 1.66. The largest absolute Gasteiger partial charge is 0.376 e. The van der Waals surface area contributed by atoms with Gasteiger partial charge in [0.1, 0.15) is 6.54 Å². The van der Waals surface area contributed by atoms with Gasteiger partial charge in [-0.3, -0.25) is 4.79 Å². The fourth-order valence-corrected chi connectivity index (χ4v) is 2.21. The summed E-state index contributed by atoms with van der Waals surface area (Å²) in [6.45, 7) is 0.393. The van der Waals surface area contributed by atoms with Crippen molar-refractivity contribution < 1.29 is 4.79 Å². The average Bonchev–Trinajstić information content (AvgIpc) is 2.85. The minimum Gasteiger partial charge on any atom is -0.376 e. The van der Waals surface area contributed by atoms with Crippen LogP contribution in [0, 0.1) is 0 Å². The van der Waals surface area contributed by atoms with Crippen LogP contribution in [0.5, 0.6) is 0 Å². The van der Waals surface area contributed by atoms with Crippen molar-refractivity contribution in [2.45, 2.75) is 13.1 Å². The van der Waals surface area contributed by atoms with Crippen LogP contribution in [-0.4, -0.2) is 35.0 Å². The lowest BCUT2D eigenvalue weighted by molar-refractivity contribution is -0.116. The van der Waals surface area contributed by atoms with Gasteiger partial charge in [0.15, 0.2) is 0 Å². The Hall–Kier alpha value is -1.93. The molecule has 0 aliphatic heterocycles. The number of nitrogens with two attached hydrogens (primary N) is 1. The third-order valence-corrected chi connectivity index (χ3v) is 3.31. The molecule has 7 nitrogen and oxygen atoms in total. The molecule has 1 amide bonds. The van der Waals surface area contributed by atoms with Gasteiger partial charge in [-0.15, -0.1) is 5.10 Å². The summed E-state index contributed by atoms with van der Waals surface area (Å²) in [6, 6.07) is 5.72. The quantitative estimate of drug-likeness (QED) is 0.843. The number of carbonyl (C=O) groups is 1. The number of rotatable bonds is 5. The first kappa shape index (κ1) is 15.5. The molecule has 0 spiro atoms. The zero-order valence-corrected chi connectivity index (χ0v) is 13.5. The van der Waals surface area contributed by atoms with E-state index in [-0.39, 0.29) is 12.5 Å². The van der Waals surface area contributed by atoms with Gasteiger partial charge in [-0.2, -0.15) is 0 Å². The van der Waals surface area contributed by atoms with Gasteiger partial charge in [-0.25, -0.2) is 4.68 Å². The number of hydrogen-bond acceptors (Lipinski definition) is 5. The van der Waals surface area contributed by atoms with Crippen LogP contribution in [-0.2, 0) is 17.9 Å². The Balaban J connectivity index is 2.10. The molecular weight excluding hydrogens is 336 g/mol. The van der Waals surface area contributed by atoms with E-state index in [1.807, 2.05) is 37.2 Å². The summed E-state index contributed by atoms with van der Waals surface area (Å²) in [5.41, 5.74) is 7.77. The Morgan fingerprint density at radius 2 is 2.24 bits per heavy atom. The maximum atomic E-state index is 12.1. The number of benzene rings is 1. The smallest absolute Gasteiger partial charge is 0.246 e. The standard InChI is InChI=1S/C13H17BrN6O/c1-19(2)12-4-3-9(14)5-11(12)16-13(21)8-20-7-10(6-15)17-18-20/h3-5,7H,6,8,15H2,1-2H3,(H,16,21). The molecule has 0 fully saturated rings. The van der Waals surface area contributed by atoms with E-state index < -0.39 is 0 Å². The second-order valence-electron chi connectivity index (χ2n) is 4.72. The minimum atomic E-state index is -0.176. The van der Waals surface area contributed by atoms with Crippen molar-refractivity contribution in [1.82, 2.24) is 15.0 Å². The number of nitrogens with zero attached hydrogens (tertiary/aromatic N) is 4. The summed E-state index contributed by atoms with van der Waals surface area (Å²) in [4.78, 5) is 14.0. The van der Waals surface area contributed by atoms with Gasteiger partial charge in [0.05, 0.1) is 23.3 Å². The Bertz CT molecular complexity index is 639. The first-order chi connectivity index (χ1) is 9.99. The van der Waals surface area contributed by atoms with Crippen LogP contribution in [0.3, 0.4) is 0 Å². The lowest BCUT2D eigenvalue weighted by atomic mass is 10.2. The molecule has 0 radical (unpaired) electrons. The molecule has 2 aromatic rings. The highest BCUT2D eigenvalue weighted by Gasteiger charge is 2.10. The van der Waals surface area contributed by atoms with Crippen LogP contribution in [0.25, 0.3) is 0 Å². The average molecular weight is 353 g/mol. The van der Waals surface area contributed by atoms with Crippen molar-refractivity contribution in [2.24, 2.45) is 5.73 Å². The molecule has 1 aromatic heterocycles. The minimum absolute atomic E-state index is 0.0897. The van der Waals surface area contributed by atoms with Crippen LogP contribution in [0.15, 0.2) is 28.9 Å². The third kappa shape index (κ3) is 4.02. The van der Waals surface area contributed by atoms with Gasteiger partial charge >= 0.3 is 0 Å². The number of nitrogens with one attached hydrogen (secondary N) is 1. The molecule has 21 heavy (non-hydrogen) atoms. The molecule has 0 saturated carbocycles. The molecule has 0 atom stereocenters. The molecule has 0 unspecified atom stereocenters. The van der Waals surface area contributed by atoms with Gasteiger partial charge in [0.2, 0.25) is 5.91 Å². The van der Waals surface area contributed by atoms with Gasteiger partial charge in [-0.05, 0) is 18.2 Å². The summed E-state index contributed by atoms with van der Waals surface area (Å²) in [7, 11) is 3.84. The number of aromatic nitrogens is 3. The Morgan fingerprint density at radius 3 is 2.86 bits per heavy atom. The topological polar surface area (TPSA) is 89.1 Å². The van der Waals surface area contributed by atoms with Crippen LogP contribution in [0.1, 0.15) is 5.69 Å². The van der Waals surface area contributed by atoms with E-state index in [1.54, 1.807) is 6.20 Å². The summed E-state index contributed by atoms with van der Waals surface area (Å²) >= 11 is 3.40. The van der Waals surface area contributed by atoms with Crippen LogP contribution in [0.2, 0.25) is 0 Å². The summed E-state index contributed by atoms with van der Waals surface area (Å²) in [5, 5.41) is 10.6. The highest BCUT2D eigenvalue weighted by Crippen LogP contribution is 2.27. The van der Waals surface area contributed by atoms with Crippen molar-refractivity contribution in [3.63, 3.8) is 0 Å². The van der Waals surface area contributed by atoms with Crippen molar-refractivity contribution in [3.05, 3.63) is 34.6 Å². The number of hydrogen-bond donors (Lipinski definition) is 2. The Morgan fingerprint density at radius 1 is 1.48 bits per heavy atom. The van der Waals surface area contributed by atoms with Crippen molar-refractivity contribution in [2.75, 3.05) is 24.3 Å². The van der Waals surface area contributed by atoms with Gasteiger partial charge in [0.25, 0.3) is 0 Å².